The van der Waals surface area contributed by atoms with Gasteiger partial charge in [0.25, 0.3) is 0 Å². The molecule has 1 N–H and O–H groups in total. The lowest BCUT2D eigenvalue weighted by Gasteiger charge is -2.40. The smallest absolute Gasteiger partial charge is 0.410 e. The van der Waals surface area contributed by atoms with Gasteiger partial charge in [0.1, 0.15) is 11.6 Å². The minimum Gasteiger partial charge on any atom is -0.468 e. The Morgan fingerprint density at radius 3 is 2.16 bits per heavy atom. The number of hydrogen-bond donors (Lipinski definition) is 1. The monoisotopic (exact) mass is 354 g/mol. The Morgan fingerprint density at radius 1 is 1.16 bits per heavy atom. The highest BCUT2D eigenvalue weighted by Gasteiger charge is 2.45. The first kappa shape index (κ1) is 20.0. The van der Waals surface area contributed by atoms with Crippen LogP contribution in [0.1, 0.15) is 66.7 Å². The predicted octanol–water partition coefficient (Wildman–Crippen LogP) is 3.09. The normalized spacial score (nSPS) is 27.3. The summed E-state index contributed by atoms with van der Waals surface area (Å²) in [6.07, 6.45) is 4.30. The van der Waals surface area contributed by atoms with E-state index >= 15 is 0 Å². The number of ether oxygens (including phenoxy) is 2. The van der Waals surface area contributed by atoms with Gasteiger partial charge >= 0.3 is 12.1 Å². The molecule has 2 fully saturated rings. The molecule has 0 saturated carbocycles. The molecule has 3 atom stereocenters. The molecule has 2 saturated heterocycles. The zero-order valence-corrected chi connectivity index (χ0v) is 16.5. The highest BCUT2D eigenvalue weighted by Crippen LogP contribution is 2.37. The zero-order valence-electron chi connectivity index (χ0n) is 16.5. The van der Waals surface area contributed by atoms with Crippen molar-refractivity contribution in [1.29, 1.82) is 0 Å². The van der Waals surface area contributed by atoms with Gasteiger partial charge in [-0.2, -0.15) is 0 Å². The van der Waals surface area contributed by atoms with Crippen LogP contribution in [0.2, 0.25) is 0 Å². The van der Waals surface area contributed by atoms with Crippen molar-refractivity contribution in [2.24, 2.45) is 5.92 Å². The number of nitrogens with one attached hydrogen (secondary N) is 1. The fraction of sp³-hybridized carbons (Fsp3) is 0.895. The summed E-state index contributed by atoms with van der Waals surface area (Å²) < 4.78 is 10.5. The van der Waals surface area contributed by atoms with Crippen LogP contribution in [-0.4, -0.2) is 53.8 Å². The Kier molecular flexibility index (Phi) is 6.35. The van der Waals surface area contributed by atoms with E-state index in [4.69, 9.17) is 9.47 Å². The van der Waals surface area contributed by atoms with E-state index in [9.17, 15) is 9.59 Å². The molecule has 1 amide bonds. The van der Waals surface area contributed by atoms with Gasteiger partial charge in [0.15, 0.2) is 0 Å². The molecule has 2 aliphatic rings. The van der Waals surface area contributed by atoms with Gasteiger partial charge in [-0.05, 0) is 58.8 Å². The van der Waals surface area contributed by atoms with E-state index in [0.29, 0.717) is 5.92 Å². The first-order chi connectivity index (χ1) is 11.6. The molecule has 144 valence electrons. The van der Waals surface area contributed by atoms with Crippen molar-refractivity contribution >= 4 is 12.1 Å². The van der Waals surface area contributed by atoms with Crippen LogP contribution in [-0.2, 0) is 14.3 Å². The highest BCUT2D eigenvalue weighted by molar-refractivity contribution is 5.75. The number of methoxy groups -OCH3 is 1. The molecular formula is C19H34N2O4. The Bertz CT molecular complexity index is 472. The second-order valence-corrected chi connectivity index (χ2v) is 8.81. The molecular weight excluding hydrogens is 320 g/mol. The molecule has 2 aliphatic heterocycles. The van der Waals surface area contributed by atoms with Gasteiger partial charge in [0.2, 0.25) is 0 Å². The summed E-state index contributed by atoms with van der Waals surface area (Å²) in [6.45, 7) is 9.90. The minimum absolute atomic E-state index is 0.198. The number of esters is 1. The van der Waals surface area contributed by atoms with Gasteiger partial charge in [-0.15, -0.1) is 0 Å². The number of nitrogens with zero attached hydrogens (tertiary/aromatic N) is 1. The van der Waals surface area contributed by atoms with Crippen molar-refractivity contribution in [3.63, 3.8) is 0 Å². The third kappa shape index (κ3) is 5.33. The third-order valence-electron chi connectivity index (χ3n) is 4.97. The summed E-state index contributed by atoms with van der Waals surface area (Å²) in [6, 6.07) is 0.355. The van der Waals surface area contributed by atoms with Crippen LogP contribution >= 0.6 is 0 Å². The molecule has 2 heterocycles. The summed E-state index contributed by atoms with van der Waals surface area (Å²) in [5.74, 6) is 0.214. The molecule has 2 rings (SSSR count). The number of carbonyl (C=O) groups excluding carboxylic acids is 2. The van der Waals surface area contributed by atoms with Crippen LogP contribution in [0.4, 0.5) is 4.79 Å². The van der Waals surface area contributed by atoms with E-state index in [1.54, 1.807) is 0 Å². The maximum absolute atomic E-state index is 12.5. The van der Waals surface area contributed by atoms with Gasteiger partial charge in [0, 0.05) is 18.1 Å². The van der Waals surface area contributed by atoms with Gasteiger partial charge in [-0.25, -0.2) is 4.79 Å². The number of carbonyl (C=O) groups is 2. The summed E-state index contributed by atoms with van der Waals surface area (Å²) in [5, 5.41) is 3.49. The average molecular weight is 354 g/mol. The quantitative estimate of drug-likeness (QED) is 0.769. The molecule has 0 aliphatic carbocycles. The zero-order chi connectivity index (χ0) is 18.8. The highest BCUT2D eigenvalue weighted by atomic mass is 16.6. The number of fused-ring (bicyclic) bond motifs is 2. The fourth-order valence-electron chi connectivity index (χ4n) is 4.06. The van der Waals surface area contributed by atoms with Crippen LogP contribution in [0.5, 0.6) is 0 Å². The molecule has 25 heavy (non-hydrogen) atoms. The first-order valence-electron chi connectivity index (χ1n) is 9.46. The first-order valence-corrected chi connectivity index (χ1v) is 9.46. The van der Waals surface area contributed by atoms with Crippen molar-refractivity contribution in [2.75, 3.05) is 7.11 Å². The van der Waals surface area contributed by atoms with Crippen LogP contribution < -0.4 is 5.32 Å². The number of rotatable bonds is 5. The maximum Gasteiger partial charge on any atom is 0.410 e. The van der Waals surface area contributed by atoms with Gasteiger partial charge in [0.05, 0.1) is 7.11 Å². The Hall–Kier alpha value is -1.30. The maximum atomic E-state index is 12.5. The second-order valence-electron chi connectivity index (χ2n) is 8.81. The lowest BCUT2D eigenvalue weighted by Crippen LogP contribution is -2.55. The molecule has 0 aromatic heterocycles. The summed E-state index contributed by atoms with van der Waals surface area (Å²) >= 11 is 0. The molecule has 6 nitrogen and oxygen atoms in total. The largest absolute Gasteiger partial charge is 0.468 e. The van der Waals surface area contributed by atoms with Crippen LogP contribution in [0.3, 0.4) is 0 Å². The molecule has 3 unspecified atom stereocenters. The Labute approximate surface area is 151 Å². The van der Waals surface area contributed by atoms with Crippen molar-refractivity contribution < 1.29 is 19.1 Å². The lowest BCUT2D eigenvalue weighted by molar-refractivity contribution is -0.144. The molecule has 0 aromatic carbocycles. The Balaban J connectivity index is 1.98. The summed E-state index contributed by atoms with van der Waals surface area (Å²) in [7, 11) is 1.44. The van der Waals surface area contributed by atoms with E-state index < -0.39 is 5.60 Å². The summed E-state index contributed by atoms with van der Waals surface area (Å²) in [5.41, 5.74) is -0.473. The molecule has 0 aromatic rings. The van der Waals surface area contributed by atoms with Crippen molar-refractivity contribution in [3.05, 3.63) is 0 Å². The van der Waals surface area contributed by atoms with E-state index in [-0.39, 0.29) is 36.2 Å². The fourth-order valence-corrected chi connectivity index (χ4v) is 4.06. The number of piperidine rings is 1. The minimum atomic E-state index is -0.473. The molecule has 0 radical (unpaired) electrons. The third-order valence-corrected chi connectivity index (χ3v) is 4.97. The molecule has 2 bridgehead atoms. The second kappa shape index (κ2) is 7.94. The van der Waals surface area contributed by atoms with E-state index in [1.165, 1.54) is 7.11 Å². The van der Waals surface area contributed by atoms with Gasteiger partial charge < -0.3 is 19.7 Å². The average Bonchev–Trinajstić information content (AvgIpc) is 2.75. The SMILES string of the molecule is COC(=O)C(CC(C)C)NC1CC2CCC(C1)N2C(=O)OC(C)(C)C. The van der Waals surface area contributed by atoms with Crippen molar-refractivity contribution in [1.82, 2.24) is 10.2 Å². The standard InChI is InChI=1S/C19H34N2O4/c1-12(2)9-16(17(22)24-6)20-13-10-14-7-8-15(11-13)21(14)18(23)25-19(3,4)5/h12-16,20H,7-11H2,1-6H3. The van der Waals surface area contributed by atoms with Gasteiger partial charge in [-0.1, -0.05) is 13.8 Å². The summed E-state index contributed by atoms with van der Waals surface area (Å²) in [4.78, 5) is 26.5. The van der Waals surface area contributed by atoms with E-state index in [1.807, 2.05) is 25.7 Å². The van der Waals surface area contributed by atoms with Crippen LogP contribution in [0.25, 0.3) is 0 Å². The van der Waals surface area contributed by atoms with E-state index in [0.717, 1.165) is 32.1 Å². The topological polar surface area (TPSA) is 67.9 Å². The molecule has 6 heteroatoms. The lowest BCUT2D eigenvalue weighted by atomic mass is 9.95. The predicted molar refractivity (Wildman–Crippen MR) is 96.3 cm³/mol. The van der Waals surface area contributed by atoms with Crippen LogP contribution in [0.15, 0.2) is 0 Å². The Morgan fingerprint density at radius 2 is 1.72 bits per heavy atom. The molecule has 0 spiro atoms. The van der Waals surface area contributed by atoms with Gasteiger partial charge in [-0.3, -0.25) is 4.79 Å². The van der Waals surface area contributed by atoms with E-state index in [2.05, 4.69) is 19.2 Å². The van der Waals surface area contributed by atoms with Crippen molar-refractivity contribution in [2.45, 2.75) is 96.5 Å². The van der Waals surface area contributed by atoms with Crippen LogP contribution in [0, 0.1) is 5.92 Å². The van der Waals surface area contributed by atoms with Crippen molar-refractivity contribution in [3.8, 4) is 0 Å². The number of hydrogen-bond acceptors (Lipinski definition) is 5. The number of amides is 1.